The average molecular weight is 397 g/mol. The van der Waals surface area contributed by atoms with Gasteiger partial charge in [0.1, 0.15) is 0 Å². The monoisotopic (exact) mass is 396 g/mol. The van der Waals surface area contributed by atoms with Gasteiger partial charge in [-0.1, -0.05) is 39.8 Å². The summed E-state index contributed by atoms with van der Waals surface area (Å²) in [5.41, 5.74) is 1.12. The predicted molar refractivity (Wildman–Crippen MR) is 92.1 cm³/mol. The van der Waals surface area contributed by atoms with Crippen LogP contribution in [0, 0.1) is 0 Å². The Kier molecular flexibility index (Phi) is 5.06. The van der Waals surface area contributed by atoms with Crippen molar-refractivity contribution in [3.63, 3.8) is 0 Å². The van der Waals surface area contributed by atoms with Gasteiger partial charge in [-0.05, 0) is 30.5 Å². The summed E-state index contributed by atoms with van der Waals surface area (Å²) in [6.45, 7) is 1.09. The largest absolute Gasteiger partial charge is 0.341 e. The summed E-state index contributed by atoms with van der Waals surface area (Å²) < 4.78 is 1.02. The highest BCUT2D eigenvalue weighted by Crippen LogP contribution is 2.26. The zero-order valence-electron chi connectivity index (χ0n) is 12.5. The second-order valence-electron chi connectivity index (χ2n) is 5.73. The normalized spacial score (nSPS) is 21.3. The van der Waals surface area contributed by atoms with Crippen molar-refractivity contribution in [3.05, 3.63) is 34.3 Å². The molecule has 122 valence electrons. The van der Waals surface area contributed by atoms with E-state index in [1.54, 1.807) is 4.90 Å². The van der Waals surface area contributed by atoms with Crippen molar-refractivity contribution in [1.82, 2.24) is 9.80 Å². The van der Waals surface area contributed by atoms with E-state index in [0.717, 1.165) is 21.8 Å². The summed E-state index contributed by atoms with van der Waals surface area (Å²) >= 11 is 4.44. The minimum atomic E-state index is -0.177. The van der Waals surface area contributed by atoms with E-state index in [9.17, 15) is 14.4 Å². The summed E-state index contributed by atoms with van der Waals surface area (Å²) in [7, 11) is 0. The number of amides is 3. The molecule has 1 aromatic carbocycles. The Hall–Kier alpha value is -1.34. The number of benzene rings is 1. The van der Waals surface area contributed by atoms with Crippen LogP contribution in [-0.2, 0) is 16.0 Å². The predicted octanol–water partition coefficient (Wildman–Crippen LogP) is 2.68. The van der Waals surface area contributed by atoms with Crippen LogP contribution in [0.3, 0.4) is 0 Å². The van der Waals surface area contributed by atoms with Gasteiger partial charge in [-0.15, -0.1) is 0 Å². The van der Waals surface area contributed by atoms with Gasteiger partial charge in [0.15, 0.2) is 0 Å². The van der Waals surface area contributed by atoms with Gasteiger partial charge in [0.2, 0.25) is 11.8 Å². The lowest BCUT2D eigenvalue weighted by atomic mass is 10.1. The fourth-order valence-corrected chi connectivity index (χ4v) is 4.00. The van der Waals surface area contributed by atoms with Gasteiger partial charge in [0.05, 0.1) is 11.8 Å². The van der Waals surface area contributed by atoms with Crippen molar-refractivity contribution >= 4 is 44.7 Å². The van der Waals surface area contributed by atoms with Crippen molar-refractivity contribution in [3.8, 4) is 0 Å². The molecule has 0 N–H and O–H groups in total. The van der Waals surface area contributed by atoms with Crippen LogP contribution in [0.15, 0.2) is 28.7 Å². The first kappa shape index (κ1) is 16.5. The average Bonchev–Trinajstić information content (AvgIpc) is 3.13. The first-order valence-corrected chi connectivity index (χ1v) is 9.33. The van der Waals surface area contributed by atoms with E-state index in [1.165, 1.54) is 4.90 Å². The summed E-state index contributed by atoms with van der Waals surface area (Å²) in [4.78, 5) is 39.0. The number of carbonyl (C=O) groups is 3. The minimum absolute atomic E-state index is 0.0853. The third kappa shape index (κ3) is 3.77. The first-order valence-electron chi connectivity index (χ1n) is 7.55. The van der Waals surface area contributed by atoms with Gasteiger partial charge in [0.25, 0.3) is 5.24 Å². The minimum Gasteiger partial charge on any atom is -0.341 e. The molecule has 2 heterocycles. The second-order valence-corrected chi connectivity index (χ2v) is 7.57. The van der Waals surface area contributed by atoms with E-state index in [2.05, 4.69) is 15.9 Å². The molecule has 7 heteroatoms. The van der Waals surface area contributed by atoms with E-state index in [4.69, 9.17) is 0 Å². The summed E-state index contributed by atoms with van der Waals surface area (Å²) in [5.74, 6) is 0.184. The number of likely N-dealkylation sites (tertiary alicyclic amines) is 1. The Morgan fingerprint density at radius 1 is 1.26 bits per heavy atom. The molecule has 0 bridgehead atoms. The number of nitrogens with zero attached hydrogens (tertiary/aromatic N) is 2. The first-order chi connectivity index (χ1) is 11.0. The number of hydrogen-bond donors (Lipinski definition) is 0. The maximum absolute atomic E-state index is 12.3. The van der Waals surface area contributed by atoms with Crippen LogP contribution in [-0.4, -0.2) is 51.7 Å². The molecule has 0 aromatic heterocycles. The van der Waals surface area contributed by atoms with Crippen LogP contribution in [0.4, 0.5) is 4.79 Å². The molecule has 1 atom stereocenters. The van der Waals surface area contributed by atoms with Crippen molar-refractivity contribution in [1.29, 1.82) is 0 Å². The molecule has 0 saturated carbocycles. The van der Waals surface area contributed by atoms with Crippen LogP contribution in [0.25, 0.3) is 0 Å². The molecule has 5 nitrogen and oxygen atoms in total. The fraction of sp³-hybridized carbons (Fsp3) is 0.438. The van der Waals surface area contributed by atoms with E-state index in [1.807, 2.05) is 24.3 Å². The number of carbonyl (C=O) groups excluding carboxylic acids is 3. The zero-order valence-corrected chi connectivity index (χ0v) is 14.9. The summed E-state index contributed by atoms with van der Waals surface area (Å²) in [6.07, 6.45) is 1.83. The zero-order chi connectivity index (χ0) is 16.4. The molecule has 0 spiro atoms. The number of hydrogen-bond acceptors (Lipinski definition) is 4. The number of halogens is 1. The van der Waals surface area contributed by atoms with Crippen molar-refractivity contribution in [2.24, 2.45) is 0 Å². The van der Waals surface area contributed by atoms with Crippen LogP contribution in [0.2, 0.25) is 0 Å². The van der Waals surface area contributed by atoms with Crippen LogP contribution < -0.4 is 0 Å². The molecule has 0 radical (unpaired) electrons. The molecule has 3 amide bonds. The quantitative estimate of drug-likeness (QED) is 0.784. The maximum atomic E-state index is 12.3. The molecule has 3 rings (SSSR count). The SMILES string of the molecule is O=C(CCc1ccc(Br)cc1)N1CC[C@H](N2C(=O)CSC2=O)C1. The highest BCUT2D eigenvalue weighted by atomic mass is 79.9. The summed E-state index contributed by atoms with van der Waals surface area (Å²) in [5, 5.41) is -0.177. The standard InChI is InChI=1S/C16H17BrN2O3S/c17-12-4-1-11(2-5-12)3-6-14(20)18-8-7-13(9-18)19-15(21)10-23-16(19)22/h1-2,4-5,13H,3,6-10H2/t13-/m0/s1. The highest BCUT2D eigenvalue weighted by molar-refractivity contribution is 9.10. The summed E-state index contributed by atoms with van der Waals surface area (Å²) in [6, 6.07) is 7.79. The fourth-order valence-electron chi connectivity index (χ4n) is 2.96. The van der Waals surface area contributed by atoms with Gasteiger partial charge in [0, 0.05) is 24.0 Å². The molecule has 1 aromatic rings. The molecule has 0 aliphatic carbocycles. The Labute approximate surface area is 147 Å². The number of imide groups is 1. The lowest BCUT2D eigenvalue weighted by molar-refractivity contribution is -0.131. The number of aryl methyl sites for hydroxylation is 1. The molecule has 2 aliphatic heterocycles. The van der Waals surface area contributed by atoms with Gasteiger partial charge < -0.3 is 4.90 Å². The van der Waals surface area contributed by atoms with Gasteiger partial charge in [-0.3, -0.25) is 19.3 Å². The molecule has 2 fully saturated rings. The van der Waals surface area contributed by atoms with Crippen LogP contribution >= 0.6 is 27.7 Å². The molecule has 23 heavy (non-hydrogen) atoms. The molecular weight excluding hydrogens is 380 g/mol. The van der Waals surface area contributed by atoms with E-state index >= 15 is 0 Å². The van der Waals surface area contributed by atoms with Crippen LogP contribution in [0.5, 0.6) is 0 Å². The van der Waals surface area contributed by atoms with Gasteiger partial charge >= 0.3 is 0 Å². The molecular formula is C16H17BrN2O3S. The second kappa shape index (κ2) is 7.05. The Bertz CT molecular complexity index is 619. The molecule has 0 unspecified atom stereocenters. The lowest BCUT2D eigenvalue weighted by Crippen LogP contribution is -2.41. The number of rotatable bonds is 4. The molecule has 2 saturated heterocycles. The highest BCUT2D eigenvalue weighted by Gasteiger charge is 2.39. The van der Waals surface area contributed by atoms with Gasteiger partial charge in [-0.25, -0.2) is 0 Å². The maximum Gasteiger partial charge on any atom is 0.289 e. The van der Waals surface area contributed by atoms with Crippen molar-refractivity contribution < 1.29 is 14.4 Å². The van der Waals surface area contributed by atoms with E-state index < -0.39 is 0 Å². The smallest absolute Gasteiger partial charge is 0.289 e. The van der Waals surface area contributed by atoms with E-state index in [-0.39, 0.29) is 28.8 Å². The van der Waals surface area contributed by atoms with Gasteiger partial charge in [-0.2, -0.15) is 0 Å². The lowest BCUT2D eigenvalue weighted by Gasteiger charge is -2.22. The Balaban J connectivity index is 1.52. The third-order valence-electron chi connectivity index (χ3n) is 4.21. The topological polar surface area (TPSA) is 57.7 Å². The Morgan fingerprint density at radius 3 is 2.65 bits per heavy atom. The number of thioether (sulfide) groups is 1. The van der Waals surface area contributed by atoms with Crippen LogP contribution in [0.1, 0.15) is 18.4 Å². The third-order valence-corrected chi connectivity index (χ3v) is 5.57. The Morgan fingerprint density at radius 2 is 2.00 bits per heavy atom. The van der Waals surface area contributed by atoms with Crippen molar-refractivity contribution in [2.45, 2.75) is 25.3 Å². The van der Waals surface area contributed by atoms with Crippen molar-refractivity contribution in [2.75, 3.05) is 18.8 Å². The van der Waals surface area contributed by atoms with E-state index in [0.29, 0.717) is 32.4 Å². The molecule has 2 aliphatic rings.